The summed E-state index contributed by atoms with van der Waals surface area (Å²) < 4.78 is 15.8. The number of rotatable bonds is 5. The van der Waals surface area contributed by atoms with Gasteiger partial charge < -0.3 is 13.9 Å². The van der Waals surface area contributed by atoms with Gasteiger partial charge in [0.2, 0.25) is 11.7 Å². The van der Waals surface area contributed by atoms with Crippen molar-refractivity contribution in [1.29, 1.82) is 0 Å². The zero-order valence-electron chi connectivity index (χ0n) is 11.3. The maximum Gasteiger partial charge on any atom is 0.376 e. The lowest BCUT2D eigenvalue weighted by Gasteiger charge is -1.98. The van der Waals surface area contributed by atoms with E-state index < -0.39 is 5.97 Å². The fourth-order valence-corrected chi connectivity index (χ4v) is 2.73. The van der Waals surface area contributed by atoms with Gasteiger partial charge in [0, 0.05) is 17.4 Å². The van der Waals surface area contributed by atoms with Gasteiger partial charge in [-0.2, -0.15) is 0 Å². The summed E-state index contributed by atoms with van der Waals surface area (Å²) in [6.45, 7) is 2.10. The van der Waals surface area contributed by atoms with Gasteiger partial charge in [0.1, 0.15) is 5.75 Å². The summed E-state index contributed by atoms with van der Waals surface area (Å²) in [5, 5.41) is 1.88. The Kier molecular flexibility index (Phi) is 3.48. The zero-order chi connectivity index (χ0) is 14.1. The van der Waals surface area contributed by atoms with E-state index in [1.165, 1.54) is 11.3 Å². The van der Waals surface area contributed by atoms with Crippen molar-refractivity contribution in [2.75, 3.05) is 13.7 Å². The van der Waals surface area contributed by atoms with Crippen LogP contribution in [-0.2, 0) is 4.74 Å². The molecule has 1 aliphatic carbocycles. The fraction of sp³-hybridized carbons (Fsp3) is 0.429. The quantitative estimate of drug-likeness (QED) is 0.790. The molecule has 0 N–H and O–H groups in total. The summed E-state index contributed by atoms with van der Waals surface area (Å²) in [6.07, 6.45) is 2.10. The van der Waals surface area contributed by atoms with Gasteiger partial charge >= 0.3 is 5.97 Å². The predicted molar refractivity (Wildman–Crippen MR) is 74.3 cm³/mol. The number of esters is 1. The summed E-state index contributed by atoms with van der Waals surface area (Å²) in [5.41, 5.74) is 0.728. The highest BCUT2D eigenvalue weighted by molar-refractivity contribution is 7.13. The van der Waals surface area contributed by atoms with E-state index >= 15 is 0 Å². The van der Waals surface area contributed by atoms with Crippen LogP contribution < -0.4 is 4.74 Å². The molecule has 1 fully saturated rings. The van der Waals surface area contributed by atoms with Gasteiger partial charge in [-0.1, -0.05) is 0 Å². The Morgan fingerprint density at radius 1 is 1.55 bits per heavy atom. The van der Waals surface area contributed by atoms with E-state index in [0.29, 0.717) is 18.4 Å². The number of carbonyl (C=O) groups is 1. The maximum atomic E-state index is 11.9. The number of nitrogens with zero attached hydrogens (tertiary/aromatic N) is 1. The van der Waals surface area contributed by atoms with E-state index in [4.69, 9.17) is 13.9 Å². The molecule has 106 valence electrons. The smallest absolute Gasteiger partial charge is 0.376 e. The van der Waals surface area contributed by atoms with E-state index in [1.807, 2.05) is 11.4 Å². The SMILES string of the molecule is CCOC(=O)c1oc(-c2cc(OC)cs2)nc1C1CC1. The van der Waals surface area contributed by atoms with E-state index in [-0.39, 0.29) is 5.76 Å². The van der Waals surface area contributed by atoms with Gasteiger partial charge in [-0.25, -0.2) is 9.78 Å². The van der Waals surface area contributed by atoms with E-state index in [9.17, 15) is 4.79 Å². The second-order valence-corrected chi connectivity index (χ2v) is 5.49. The summed E-state index contributed by atoms with van der Waals surface area (Å²) in [6, 6.07) is 1.85. The van der Waals surface area contributed by atoms with Crippen molar-refractivity contribution in [3.63, 3.8) is 0 Å². The third kappa shape index (κ3) is 2.43. The zero-order valence-corrected chi connectivity index (χ0v) is 12.2. The highest BCUT2D eigenvalue weighted by Gasteiger charge is 2.34. The minimum atomic E-state index is -0.434. The first-order valence-corrected chi connectivity index (χ1v) is 7.41. The molecule has 0 spiro atoms. The molecule has 5 nitrogen and oxygen atoms in total. The summed E-state index contributed by atoms with van der Waals surface area (Å²) in [4.78, 5) is 17.3. The fourth-order valence-electron chi connectivity index (χ4n) is 1.95. The molecule has 0 amide bonds. The van der Waals surface area contributed by atoms with Crippen LogP contribution in [0.5, 0.6) is 5.75 Å². The Bertz CT molecular complexity index is 627. The van der Waals surface area contributed by atoms with E-state index in [2.05, 4.69) is 4.98 Å². The molecule has 20 heavy (non-hydrogen) atoms. The molecule has 0 atom stereocenters. The lowest BCUT2D eigenvalue weighted by Crippen LogP contribution is -2.05. The minimum Gasteiger partial charge on any atom is -0.496 e. The van der Waals surface area contributed by atoms with Gasteiger partial charge in [-0.05, 0) is 19.8 Å². The second-order valence-electron chi connectivity index (χ2n) is 4.58. The van der Waals surface area contributed by atoms with E-state index in [1.54, 1.807) is 14.0 Å². The van der Waals surface area contributed by atoms with Crippen molar-refractivity contribution in [1.82, 2.24) is 4.98 Å². The molecule has 2 aromatic rings. The number of oxazole rings is 1. The highest BCUT2D eigenvalue weighted by Crippen LogP contribution is 2.43. The number of hydrogen-bond donors (Lipinski definition) is 0. The van der Waals surface area contributed by atoms with Crippen LogP contribution in [0.25, 0.3) is 10.8 Å². The van der Waals surface area contributed by atoms with Crippen LogP contribution in [-0.4, -0.2) is 24.7 Å². The van der Waals surface area contributed by atoms with Crippen LogP contribution in [0.2, 0.25) is 0 Å². The molecule has 2 heterocycles. The Labute approximate surface area is 120 Å². The molecule has 0 bridgehead atoms. The van der Waals surface area contributed by atoms with Gasteiger partial charge in [0.25, 0.3) is 0 Å². The standard InChI is InChI=1S/C14H15NO4S/c1-3-18-14(16)12-11(8-4-5-8)15-13(19-12)10-6-9(17-2)7-20-10/h6-8H,3-5H2,1-2H3. The van der Waals surface area contributed by atoms with Crippen molar-refractivity contribution in [2.45, 2.75) is 25.7 Å². The van der Waals surface area contributed by atoms with Gasteiger partial charge in [0.05, 0.1) is 24.3 Å². The molecule has 0 aromatic carbocycles. The van der Waals surface area contributed by atoms with Crippen LogP contribution in [0.1, 0.15) is 41.9 Å². The summed E-state index contributed by atoms with van der Waals surface area (Å²) >= 11 is 1.47. The monoisotopic (exact) mass is 293 g/mol. The average molecular weight is 293 g/mol. The first kappa shape index (κ1) is 13.2. The van der Waals surface area contributed by atoms with Crippen molar-refractivity contribution in [2.24, 2.45) is 0 Å². The molecular weight excluding hydrogens is 278 g/mol. The summed E-state index contributed by atoms with van der Waals surface area (Å²) in [7, 11) is 1.61. The lowest BCUT2D eigenvalue weighted by atomic mass is 10.2. The van der Waals surface area contributed by atoms with Crippen molar-refractivity contribution >= 4 is 17.3 Å². The molecule has 2 aromatic heterocycles. The molecule has 1 aliphatic rings. The number of aromatic nitrogens is 1. The Morgan fingerprint density at radius 2 is 2.35 bits per heavy atom. The lowest BCUT2D eigenvalue weighted by molar-refractivity contribution is 0.0489. The van der Waals surface area contributed by atoms with E-state index in [0.717, 1.165) is 29.2 Å². The number of ether oxygens (including phenoxy) is 2. The predicted octanol–water partition coefficient (Wildman–Crippen LogP) is 3.47. The molecule has 0 aliphatic heterocycles. The second kappa shape index (κ2) is 5.28. The van der Waals surface area contributed by atoms with Gasteiger partial charge in [0.15, 0.2) is 0 Å². The number of thiophene rings is 1. The van der Waals surface area contributed by atoms with Crippen LogP contribution in [0.4, 0.5) is 0 Å². The topological polar surface area (TPSA) is 61.6 Å². The number of hydrogen-bond acceptors (Lipinski definition) is 6. The van der Waals surface area contributed by atoms with Crippen LogP contribution >= 0.6 is 11.3 Å². The average Bonchev–Trinajstić information content (AvgIpc) is 3.03. The number of methoxy groups -OCH3 is 1. The van der Waals surface area contributed by atoms with Crippen molar-refractivity contribution in [3.05, 3.63) is 22.9 Å². The molecular formula is C14H15NO4S. The normalized spacial score (nSPS) is 14.3. The minimum absolute atomic E-state index is 0.247. The molecule has 0 radical (unpaired) electrons. The van der Waals surface area contributed by atoms with Gasteiger partial charge in [-0.3, -0.25) is 0 Å². The van der Waals surface area contributed by atoms with Crippen molar-refractivity contribution in [3.8, 4) is 16.5 Å². The molecule has 1 saturated carbocycles. The van der Waals surface area contributed by atoms with Crippen LogP contribution in [0.15, 0.2) is 15.9 Å². The third-order valence-electron chi connectivity index (χ3n) is 3.10. The highest BCUT2D eigenvalue weighted by atomic mass is 32.1. The van der Waals surface area contributed by atoms with Crippen molar-refractivity contribution < 1.29 is 18.7 Å². The maximum absolute atomic E-state index is 11.9. The Balaban J connectivity index is 1.96. The largest absolute Gasteiger partial charge is 0.496 e. The Hall–Kier alpha value is -1.82. The molecule has 0 saturated heterocycles. The van der Waals surface area contributed by atoms with Gasteiger partial charge in [-0.15, -0.1) is 11.3 Å². The Morgan fingerprint density at radius 3 is 2.95 bits per heavy atom. The molecule has 6 heteroatoms. The third-order valence-corrected chi connectivity index (χ3v) is 4.00. The summed E-state index contributed by atoms with van der Waals surface area (Å²) in [5.74, 6) is 1.36. The molecule has 3 rings (SSSR count). The first-order chi connectivity index (χ1) is 9.72. The number of carbonyl (C=O) groups excluding carboxylic acids is 1. The molecule has 0 unspecified atom stereocenters. The van der Waals surface area contributed by atoms with Crippen LogP contribution in [0.3, 0.4) is 0 Å². The first-order valence-electron chi connectivity index (χ1n) is 6.53. The van der Waals surface area contributed by atoms with Crippen LogP contribution in [0, 0.1) is 0 Å².